The molecule has 1 unspecified atom stereocenters. The van der Waals surface area contributed by atoms with E-state index >= 15 is 0 Å². The van der Waals surface area contributed by atoms with Crippen molar-refractivity contribution >= 4 is 35.3 Å². The first kappa shape index (κ1) is 15.1. The van der Waals surface area contributed by atoms with E-state index in [4.69, 9.17) is 4.55 Å². The van der Waals surface area contributed by atoms with Crippen LogP contribution in [0, 0.1) is 0 Å². The first-order valence-electron chi connectivity index (χ1n) is 5.30. The van der Waals surface area contributed by atoms with Gasteiger partial charge in [-0.25, -0.2) is 4.21 Å². The van der Waals surface area contributed by atoms with Crippen molar-refractivity contribution in [2.75, 3.05) is 16.4 Å². The van der Waals surface area contributed by atoms with Gasteiger partial charge in [-0.2, -0.15) is 0 Å². The van der Waals surface area contributed by atoms with Gasteiger partial charge in [0.1, 0.15) is 5.69 Å². The van der Waals surface area contributed by atoms with Crippen LogP contribution in [0.15, 0.2) is 17.1 Å². The molecule has 0 aliphatic carbocycles. The standard InChI is InChI=1S/C10H13N3O5S/c14-6-11-8-4-9(12-7-15)10(16)13(5-8)2-1-3-19(17)18/h4-7H,1-3H2,(H,11,14)(H,12,15)(H,17,18). The smallest absolute Gasteiger partial charge is 0.274 e. The summed E-state index contributed by atoms with van der Waals surface area (Å²) in [5, 5.41) is 4.60. The highest BCUT2D eigenvalue weighted by molar-refractivity contribution is 7.79. The summed E-state index contributed by atoms with van der Waals surface area (Å²) in [7, 11) is 0. The van der Waals surface area contributed by atoms with Crippen LogP contribution in [0.2, 0.25) is 0 Å². The van der Waals surface area contributed by atoms with Crippen molar-refractivity contribution in [2.24, 2.45) is 0 Å². The number of aryl methyl sites for hydroxylation is 1. The molecule has 0 aliphatic heterocycles. The number of rotatable bonds is 8. The Morgan fingerprint density at radius 1 is 1.32 bits per heavy atom. The Morgan fingerprint density at radius 2 is 2.00 bits per heavy atom. The molecule has 1 aromatic rings. The molecule has 0 radical (unpaired) electrons. The number of carbonyl (C=O) groups is 2. The third-order valence-corrected chi connectivity index (χ3v) is 2.88. The zero-order valence-electron chi connectivity index (χ0n) is 9.87. The fourth-order valence-electron chi connectivity index (χ4n) is 1.47. The maximum absolute atomic E-state index is 11.9. The number of amides is 2. The van der Waals surface area contributed by atoms with E-state index in [1.54, 1.807) is 0 Å². The molecule has 1 atom stereocenters. The summed E-state index contributed by atoms with van der Waals surface area (Å²) in [6.45, 7) is 0.201. The van der Waals surface area contributed by atoms with Crippen molar-refractivity contribution in [3.8, 4) is 0 Å². The molecule has 2 amide bonds. The molecule has 9 heteroatoms. The van der Waals surface area contributed by atoms with Crippen LogP contribution >= 0.6 is 0 Å². The van der Waals surface area contributed by atoms with Gasteiger partial charge in [-0.3, -0.25) is 14.4 Å². The lowest BCUT2D eigenvalue weighted by Gasteiger charge is -2.10. The summed E-state index contributed by atoms with van der Waals surface area (Å²) in [4.78, 5) is 32.6. The SMILES string of the molecule is O=CNc1cc(NC=O)c(=O)n(CCCS(=O)O)c1. The minimum absolute atomic E-state index is 0.0203. The van der Waals surface area contributed by atoms with Crippen molar-refractivity contribution in [1.82, 2.24) is 4.57 Å². The van der Waals surface area contributed by atoms with Crippen LogP contribution in [0.25, 0.3) is 0 Å². The number of aromatic nitrogens is 1. The van der Waals surface area contributed by atoms with E-state index < -0.39 is 16.6 Å². The lowest BCUT2D eigenvalue weighted by Crippen LogP contribution is -2.24. The fourth-order valence-corrected chi connectivity index (χ4v) is 1.85. The summed E-state index contributed by atoms with van der Waals surface area (Å²) in [5.41, 5.74) is -0.0942. The Morgan fingerprint density at radius 3 is 2.58 bits per heavy atom. The second kappa shape index (κ2) is 7.44. The molecule has 0 aromatic carbocycles. The summed E-state index contributed by atoms with van der Waals surface area (Å²) in [6.07, 6.45) is 2.51. The van der Waals surface area contributed by atoms with Gasteiger partial charge >= 0.3 is 0 Å². The van der Waals surface area contributed by atoms with Crippen LogP contribution in [-0.2, 0) is 27.2 Å². The largest absolute Gasteiger partial charge is 0.327 e. The molecule has 104 valence electrons. The van der Waals surface area contributed by atoms with Crippen LogP contribution in [0.1, 0.15) is 6.42 Å². The van der Waals surface area contributed by atoms with Crippen LogP contribution < -0.4 is 16.2 Å². The monoisotopic (exact) mass is 287 g/mol. The number of nitrogens with zero attached hydrogens (tertiary/aromatic N) is 1. The van der Waals surface area contributed by atoms with Gasteiger partial charge in [-0.15, -0.1) is 0 Å². The zero-order chi connectivity index (χ0) is 14.3. The molecule has 0 spiro atoms. The lowest BCUT2D eigenvalue weighted by molar-refractivity contribution is -0.106. The van der Waals surface area contributed by atoms with E-state index in [0.29, 0.717) is 24.9 Å². The Kier molecular flexibility index (Phi) is 5.90. The van der Waals surface area contributed by atoms with Crippen LogP contribution in [-0.4, -0.2) is 31.9 Å². The molecule has 1 heterocycles. The zero-order valence-corrected chi connectivity index (χ0v) is 10.7. The highest BCUT2D eigenvalue weighted by Gasteiger charge is 2.06. The van der Waals surface area contributed by atoms with Crippen molar-refractivity contribution in [3.05, 3.63) is 22.6 Å². The average Bonchev–Trinajstić information content (AvgIpc) is 2.34. The number of pyridine rings is 1. The Balaban J connectivity index is 2.99. The molecular formula is C10H13N3O5S. The van der Waals surface area contributed by atoms with Crippen LogP contribution in [0.4, 0.5) is 11.4 Å². The molecule has 0 fully saturated rings. The predicted molar refractivity (Wildman–Crippen MR) is 70.3 cm³/mol. The molecule has 1 aromatic heterocycles. The maximum Gasteiger partial charge on any atom is 0.274 e. The normalized spacial score (nSPS) is 11.6. The molecule has 3 N–H and O–H groups in total. The van der Waals surface area contributed by atoms with E-state index in [0.717, 1.165) is 0 Å². The van der Waals surface area contributed by atoms with Crippen molar-refractivity contribution < 1.29 is 18.4 Å². The number of nitrogens with one attached hydrogen (secondary N) is 2. The second-order valence-corrected chi connectivity index (χ2v) is 4.60. The molecule has 0 bridgehead atoms. The highest BCUT2D eigenvalue weighted by Crippen LogP contribution is 2.10. The number of hydrogen-bond acceptors (Lipinski definition) is 4. The van der Waals surface area contributed by atoms with E-state index in [9.17, 15) is 18.6 Å². The number of anilines is 2. The topological polar surface area (TPSA) is 118 Å². The highest BCUT2D eigenvalue weighted by atomic mass is 32.2. The average molecular weight is 287 g/mol. The molecule has 8 nitrogen and oxygen atoms in total. The van der Waals surface area contributed by atoms with Crippen molar-refractivity contribution in [2.45, 2.75) is 13.0 Å². The quantitative estimate of drug-likeness (QED) is 0.444. The molecule has 0 aliphatic rings. The van der Waals surface area contributed by atoms with Crippen molar-refractivity contribution in [1.29, 1.82) is 0 Å². The van der Waals surface area contributed by atoms with Crippen molar-refractivity contribution in [3.63, 3.8) is 0 Å². The molecular weight excluding hydrogens is 274 g/mol. The van der Waals surface area contributed by atoms with E-state index in [1.165, 1.54) is 16.8 Å². The molecule has 19 heavy (non-hydrogen) atoms. The van der Waals surface area contributed by atoms with Gasteiger partial charge in [0, 0.05) is 12.7 Å². The van der Waals surface area contributed by atoms with Gasteiger partial charge in [0.15, 0.2) is 11.1 Å². The van der Waals surface area contributed by atoms with Gasteiger partial charge in [0.05, 0.1) is 11.4 Å². The van der Waals surface area contributed by atoms with E-state index in [1.807, 2.05) is 0 Å². The lowest BCUT2D eigenvalue weighted by atomic mass is 10.3. The van der Waals surface area contributed by atoms with Crippen LogP contribution in [0.3, 0.4) is 0 Å². The van der Waals surface area contributed by atoms with E-state index in [2.05, 4.69) is 10.6 Å². The maximum atomic E-state index is 11.9. The minimum atomic E-state index is -1.92. The molecule has 0 saturated carbocycles. The summed E-state index contributed by atoms with van der Waals surface area (Å²) >= 11 is -1.92. The first-order chi connectivity index (χ1) is 9.08. The third-order valence-electron chi connectivity index (χ3n) is 2.24. The number of carbonyl (C=O) groups excluding carboxylic acids is 2. The summed E-state index contributed by atoms with van der Waals surface area (Å²) < 4.78 is 20.4. The first-order valence-corrected chi connectivity index (χ1v) is 6.58. The van der Waals surface area contributed by atoms with E-state index in [-0.39, 0.29) is 18.0 Å². The fraction of sp³-hybridized carbons (Fsp3) is 0.300. The van der Waals surface area contributed by atoms with Crippen LogP contribution in [0.5, 0.6) is 0 Å². The van der Waals surface area contributed by atoms with Gasteiger partial charge in [-0.05, 0) is 12.5 Å². The molecule has 0 saturated heterocycles. The predicted octanol–water partition coefficient (Wildman–Crippen LogP) is -0.403. The van der Waals surface area contributed by atoms with Gasteiger partial charge in [0.25, 0.3) is 5.56 Å². The number of hydrogen-bond donors (Lipinski definition) is 3. The minimum Gasteiger partial charge on any atom is -0.327 e. The molecule has 1 rings (SSSR count). The Bertz CT molecular complexity index is 542. The Labute approximate surface area is 111 Å². The van der Waals surface area contributed by atoms with Gasteiger partial charge in [0.2, 0.25) is 12.8 Å². The third kappa shape index (κ3) is 4.64. The van der Waals surface area contributed by atoms with Gasteiger partial charge < -0.3 is 19.8 Å². The summed E-state index contributed by atoms with van der Waals surface area (Å²) in [6, 6.07) is 1.33. The summed E-state index contributed by atoms with van der Waals surface area (Å²) in [5.74, 6) is 0.0359. The second-order valence-electron chi connectivity index (χ2n) is 3.54. The van der Waals surface area contributed by atoms with Gasteiger partial charge in [-0.1, -0.05) is 0 Å². The Hall–Kier alpha value is -2.00.